The molecule has 6 rings (SSSR count). The number of carbonyl (C=O) groups excluding carboxylic acids is 2. The summed E-state index contributed by atoms with van der Waals surface area (Å²) in [6, 6.07) is 13.9. The average Bonchev–Trinajstić information content (AvgIpc) is 3.71. The predicted octanol–water partition coefficient (Wildman–Crippen LogP) is 5.73. The minimum atomic E-state index is -1.25. The van der Waals surface area contributed by atoms with Gasteiger partial charge < -0.3 is 20.4 Å². The number of carbonyl (C=O) groups is 2. The van der Waals surface area contributed by atoms with E-state index < -0.39 is 23.8 Å². The van der Waals surface area contributed by atoms with Gasteiger partial charge in [0.15, 0.2) is 5.17 Å². The first-order chi connectivity index (χ1) is 20.0. The van der Waals surface area contributed by atoms with E-state index in [0.29, 0.717) is 34.3 Å². The van der Waals surface area contributed by atoms with E-state index in [-0.39, 0.29) is 36.9 Å². The summed E-state index contributed by atoms with van der Waals surface area (Å²) in [4.78, 5) is 38.9. The SMILES string of the molecule is CC(C)C1=C(C(=O)N2CCC[C@H]2C(=O)N2C[C@@H](N)[C@H](F)C2)SC2=N[C@@](C)(c3ccc(Cl)cc3)[C@@H](c3ccc(Cl)cc3)N21. The second-order valence-corrected chi connectivity index (χ2v) is 13.8. The van der Waals surface area contributed by atoms with Crippen LogP contribution in [-0.4, -0.2) is 69.6 Å². The normalized spacial score (nSPS) is 29.1. The van der Waals surface area contributed by atoms with Gasteiger partial charge >= 0.3 is 0 Å². The number of aliphatic imine (C=N–C) groups is 1. The van der Waals surface area contributed by atoms with Crippen LogP contribution in [0.3, 0.4) is 0 Å². The molecule has 0 spiro atoms. The van der Waals surface area contributed by atoms with Gasteiger partial charge in [0.1, 0.15) is 22.7 Å². The minimum Gasteiger partial charge on any atom is -0.336 e. The standard InChI is InChI=1S/C31H34Cl2FN5O2S/c1-17(2)25-26(29(41)38-14-4-5-24(38)28(40)37-15-22(34)23(35)16-37)42-30-36-31(3,19-8-12-21(33)13-9-19)27(39(25)30)18-6-10-20(32)11-7-18/h6-13,17,22-24,27H,4-5,14-16,35H2,1-3H3/t22-,23-,24+,27-,31+/m1/s1. The first-order valence-corrected chi connectivity index (χ1v) is 15.9. The number of nitrogens with zero attached hydrogens (tertiary/aromatic N) is 4. The maximum Gasteiger partial charge on any atom is 0.263 e. The van der Waals surface area contributed by atoms with Crippen molar-refractivity contribution in [1.82, 2.24) is 14.7 Å². The van der Waals surface area contributed by atoms with E-state index in [2.05, 4.69) is 25.7 Å². The van der Waals surface area contributed by atoms with Crippen molar-refractivity contribution in [3.63, 3.8) is 0 Å². The van der Waals surface area contributed by atoms with E-state index >= 15 is 0 Å². The van der Waals surface area contributed by atoms with Gasteiger partial charge in [0.25, 0.3) is 5.91 Å². The highest BCUT2D eigenvalue weighted by Gasteiger charge is 2.54. The van der Waals surface area contributed by atoms with Gasteiger partial charge in [-0.25, -0.2) is 9.38 Å². The van der Waals surface area contributed by atoms with Crippen molar-refractivity contribution >= 4 is 51.9 Å². The molecule has 5 atom stereocenters. The number of amides is 2. The van der Waals surface area contributed by atoms with Gasteiger partial charge in [0.2, 0.25) is 5.91 Å². The van der Waals surface area contributed by atoms with Gasteiger partial charge in [-0.15, -0.1) is 0 Å². The van der Waals surface area contributed by atoms with E-state index in [1.54, 1.807) is 4.90 Å². The Labute approximate surface area is 259 Å². The van der Waals surface area contributed by atoms with E-state index in [1.807, 2.05) is 48.5 Å². The highest BCUT2D eigenvalue weighted by Crippen LogP contribution is 2.56. The fraction of sp³-hybridized carbons (Fsp3) is 0.452. The molecule has 7 nitrogen and oxygen atoms in total. The Morgan fingerprint density at radius 1 is 1.07 bits per heavy atom. The van der Waals surface area contributed by atoms with Crippen LogP contribution < -0.4 is 5.73 Å². The summed E-state index contributed by atoms with van der Waals surface area (Å²) < 4.78 is 14.1. The first kappa shape index (κ1) is 29.5. The smallest absolute Gasteiger partial charge is 0.263 e. The van der Waals surface area contributed by atoms with Gasteiger partial charge in [-0.3, -0.25) is 9.59 Å². The van der Waals surface area contributed by atoms with Gasteiger partial charge in [-0.05, 0) is 72.8 Å². The summed E-state index contributed by atoms with van der Waals surface area (Å²) in [5, 5.41) is 2.03. The van der Waals surface area contributed by atoms with E-state index in [0.717, 1.165) is 22.0 Å². The second kappa shape index (κ2) is 11.2. The van der Waals surface area contributed by atoms with Crippen LogP contribution >= 0.6 is 35.0 Å². The van der Waals surface area contributed by atoms with Crippen molar-refractivity contribution in [3.05, 3.63) is 80.3 Å². The van der Waals surface area contributed by atoms with Crippen molar-refractivity contribution in [2.24, 2.45) is 16.6 Å². The molecular formula is C31H34Cl2FN5O2S. The predicted molar refractivity (Wildman–Crippen MR) is 166 cm³/mol. The molecule has 0 saturated carbocycles. The number of alkyl halides is 1. The molecule has 4 aliphatic rings. The molecule has 0 bridgehead atoms. The maximum atomic E-state index is 14.3. The van der Waals surface area contributed by atoms with Crippen molar-refractivity contribution in [3.8, 4) is 0 Å². The summed E-state index contributed by atoms with van der Waals surface area (Å²) in [6.07, 6.45) is 0.0163. The van der Waals surface area contributed by atoms with Crippen LogP contribution in [0, 0.1) is 5.92 Å². The fourth-order valence-corrected chi connectivity index (χ4v) is 8.26. The summed E-state index contributed by atoms with van der Waals surface area (Å²) in [6.45, 7) is 6.87. The number of hydrogen-bond acceptors (Lipinski definition) is 6. The molecule has 2 N–H and O–H groups in total. The highest BCUT2D eigenvalue weighted by atomic mass is 35.5. The Hall–Kier alpha value is -2.59. The summed E-state index contributed by atoms with van der Waals surface area (Å²) in [5.41, 5.74) is 8.09. The quantitative estimate of drug-likeness (QED) is 0.456. The van der Waals surface area contributed by atoms with Gasteiger partial charge in [-0.2, -0.15) is 0 Å². The molecule has 4 heterocycles. The number of halogens is 3. The summed E-state index contributed by atoms with van der Waals surface area (Å²) >= 11 is 13.9. The van der Waals surface area contributed by atoms with Crippen LogP contribution in [-0.2, 0) is 15.1 Å². The number of benzene rings is 2. The molecule has 2 fully saturated rings. The molecule has 11 heteroatoms. The summed E-state index contributed by atoms with van der Waals surface area (Å²) in [5.74, 6) is -0.412. The van der Waals surface area contributed by atoms with Gasteiger partial charge in [-0.1, -0.05) is 61.3 Å². The van der Waals surface area contributed by atoms with Crippen LogP contribution in [0.5, 0.6) is 0 Å². The molecule has 0 aliphatic carbocycles. The zero-order chi connectivity index (χ0) is 29.9. The monoisotopic (exact) mass is 629 g/mol. The Morgan fingerprint density at radius 3 is 2.31 bits per heavy atom. The molecule has 42 heavy (non-hydrogen) atoms. The van der Waals surface area contributed by atoms with Crippen molar-refractivity contribution in [2.75, 3.05) is 19.6 Å². The number of thioether (sulfide) groups is 1. The van der Waals surface area contributed by atoms with Crippen LogP contribution in [0.15, 0.2) is 64.1 Å². The van der Waals surface area contributed by atoms with Crippen molar-refractivity contribution < 1.29 is 14.0 Å². The molecule has 2 aromatic carbocycles. The van der Waals surface area contributed by atoms with E-state index in [4.69, 9.17) is 33.9 Å². The third-order valence-corrected chi connectivity index (χ3v) is 10.3. The minimum absolute atomic E-state index is 0.00727. The molecular weight excluding hydrogens is 596 g/mol. The third kappa shape index (κ3) is 4.92. The number of fused-ring (bicyclic) bond motifs is 1. The van der Waals surface area contributed by atoms with Gasteiger partial charge in [0, 0.05) is 28.8 Å². The molecule has 0 unspecified atom stereocenters. The molecule has 2 aromatic rings. The number of rotatable bonds is 5. The zero-order valence-corrected chi connectivity index (χ0v) is 26.1. The molecule has 0 aromatic heterocycles. The van der Waals surface area contributed by atoms with Crippen molar-refractivity contribution in [1.29, 1.82) is 0 Å². The Kier molecular flexibility index (Phi) is 7.83. The average molecular weight is 631 g/mol. The zero-order valence-electron chi connectivity index (χ0n) is 23.8. The fourth-order valence-electron chi connectivity index (χ4n) is 6.64. The lowest BCUT2D eigenvalue weighted by Crippen LogP contribution is -2.48. The highest BCUT2D eigenvalue weighted by molar-refractivity contribution is 8.18. The van der Waals surface area contributed by atoms with E-state index in [1.165, 1.54) is 16.7 Å². The number of allylic oxidation sites excluding steroid dienone is 1. The second-order valence-electron chi connectivity index (χ2n) is 11.9. The Bertz CT molecular complexity index is 1460. The van der Waals surface area contributed by atoms with Crippen LogP contribution in [0.25, 0.3) is 0 Å². The number of nitrogens with two attached hydrogens (primary N) is 1. The number of amidine groups is 1. The molecule has 2 saturated heterocycles. The van der Waals surface area contributed by atoms with Crippen molar-refractivity contribution in [2.45, 2.75) is 63.4 Å². The number of hydrogen-bond donors (Lipinski definition) is 1. The lowest BCUT2D eigenvalue weighted by Gasteiger charge is -2.37. The topological polar surface area (TPSA) is 82.2 Å². The molecule has 2 amide bonds. The van der Waals surface area contributed by atoms with Crippen LogP contribution in [0.1, 0.15) is 50.8 Å². The van der Waals surface area contributed by atoms with Crippen LogP contribution in [0.2, 0.25) is 10.0 Å². The third-order valence-electron chi connectivity index (χ3n) is 8.77. The lowest BCUT2D eigenvalue weighted by molar-refractivity contribution is -0.141. The Balaban J connectivity index is 1.38. The van der Waals surface area contributed by atoms with Gasteiger partial charge in [0.05, 0.1) is 18.6 Å². The molecule has 4 aliphatic heterocycles. The largest absolute Gasteiger partial charge is 0.336 e. The maximum absolute atomic E-state index is 14.3. The molecule has 0 radical (unpaired) electrons. The van der Waals surface area contributed by atoms with Crippen LogP contribution in [0.4, 0.5) is 4.39 Å². The Morgan fingerprint density at radius 2 is 1.71 bits per heavy atom. The molecule has 222 valence electrons. The number of likely N-dealkylation sites (tertiary alicyclic amines) is 2. The summed E-state index contributed by atoms with van der Waals surface area (Å²) in [7, 11) is 0. The lowest BCUT2D eigenvalue weighted by atomic mass is 9.81. The first-order valence-electron chi connectivity index (χ1n) is 14.3. The van der Waals surface area contributed by atoms with E-state index in [9.17, 15) is 14.0 Å².